The second kappa shape index (κ2) is 9.23. The van der Waals surface area contributed by atoms with E-state index in [2.05, 4.69) is 34.9 Å². The maximum atomic E-state index is 12.1. The van der Waals surface area contributed by atoms with Gasteiger partial charge in [0.2, 0.25) is 5.91 Å². The zero-order chi connectivity index (χ0) is 17.3. The molecule has 2 N–H and O–H groups in total. The Morgan fingerprint density at radius 1 is 1.04 bits per heavy atom. The van der Waals surface area contributed by atoms with Gasteiger partial charge in [0, 0.05) is 6.54 Å². The van der Waals surface area contributed by atoms with Gasteiger partial charge in [0.25, 0.3) is 0 Å². The molecule has 25 heavy (non-hydrogen) atoms. The maximum Gasteiger partial charge on any atom is 0.237 e. The first-order valence-corrected chi connectivity index (χ1v) is 9.08. The lowest BCUT2D eigenvalue weighted by molar-refractivity contribution is -0.123. The molecule has 0 radical (unpaired) electrons. The predicted octanol–water partition coefficient (Wildman–Crippen LogP) is 3.07. The number of amides is 1. The lowest BCUT2D eigenvalue weighted by atomic mass is 10.0. The molecule has 2 aromatic carbocycles. The Bertz CT molecular complexity index is 649. The third-order valence-electron chi connectivity index (χ3n) is 4.51. The van der Waals surface area contributed by atoms with Crippen molar-refractivity contribution in [1.29, 1.82) is 0 Å². The number of benzene rings is 2. The highest BCUT2D eigenvalue weighted by molar-refractivity contribution is 5.81. The third kappa shape index (κ3) is 5.61. The summed E-state index contributed by atoms with van der Waals surface area (Å²) in [5, 5.41) is 6.30. The van der Waals surface area contributed by atoms with Crippen LogP contribution in [0.5, 0.6) is 5.75 Å². The van der Waals surface area contributed by atoms with Gasteiger partial charge in [-0.3, -0.25) is 4.79 Å². The molecule has 132 valence electrons. The Balaban J connectivity index is 1.39. The van der Waals surface area contributed by atoms with E-state index < -0.39 is 0 Å². The Hall–Kier alpha value is -2.33. The van der Waals surface area contributed by atoms with E-state index in [4.69, 9.17) is 4.74 Å². The van der Waals surface area contributed by atoms with E-state index in [0.717, 1.165) is 37.1 Å². The molecule has 4 heteroatoms. The van der Waals surface area contributed by atoms with Crippen molar-refractivity contribution in [1.82, 2.24) is 10.6 Å². The van der Waals surface area contributed by atoms with Crippen LogP contribution < -0.4 is 15.4 Å². The van der Waals surface area contributed by atoms with E-state index >= 15 is 0 Å². The van der Waals surface area contributed by atoms with Crippen LogP contribution in [0.4, 0.5) is 0 Å². The Morgan fingerprint density at radius 3 is 2.56 bits per heavy atom. The summed E-state index contributed by atoms with van der Waals surface area (Å²) >= 11 is 0. The summed E-state index contributed by atoms with van der Waals surface area (Å²) in [7, 11) is 0. The Kier molecular flexibility index (Phi) is 6.46. The van der Waals surface area contributed by atoms with Crippen molar-refractivity contribution in [2.24, 2.45) is 0 Å². The Morgan fingerprint density at radius 2 is 1.84 bits per heavy atom. The highest BCUT2D eigenvalue weighted by Gasteiger charge is 2.19. The number of hydrogen-bond acceptors (Lipinski definition) is 3. The summed E-state index contributed by atoms with van der Waals surface area (Å²) in [5.41, 5.74) is 2.36. The summed E-state index contributed by atoms with van der Waals surface area (Å²) in [4.78, 5) is 12.1. The van der Waals surface area contributed by atoms with Crippen molar-refractivity contribution < 1.29 is 9.53 Å². The van der Waals surface area contributed by atoms with Gasteiger partial charge in [0.1, 0.15) is 12.4 Å². The minimum atomic E-state index is -0.0116. The highest BCUT2D eigenvalue weighted by Crippen LogP contribution is 2.14. The normalized spacial score (nSPS) is 17.0. The molecule has 0 saturated carbocycles. The quantitative estimate of drug-likeness (QED) is 0.816. The molecule has 0 aromatic heterocycles. The van der Waals surface area contributed by atoms with Crippen LogP contribution in [-0.2, 0) is 17.8 Å². The van der Waals surface area contributed by atoms with Crippen LogP contribution in [0.2, 0.25) is 0 Å². The van der Waals surface area contributed by atoms with Crippen LogP contribution >= 0.6 is 0 Å². The van der Waals surface area contributed by atoms with E-state index in [1.165, 1.54) is 12.0 Å². The van der Waals surface area contributed by atoms with Gasteiger partial charge in [-0.05, 0) is 49.1 Å². The number of carbonyl (C=O) groups is 1. The van der Waals surface area contributed by atoms with Crippen LogP contribution in [-0.4, -0.2) is 25.0 Å². The molecule has 0 aliphatic carbocycles. The average molecular weight is 338 g/mol. The maximum absolute atomic E-state index is 12.1. The molecule has 3 rings (SSSR count). The number of piperidine rings is 1. The van der Waals surface area contributed by atoms with E-state index in [0.29, 0.717) is 13.2 Å². The van der Waals surface area contributed by atoms with Gasteiger partial charge in [-0.1, -0.05) is 48.9 Å². The lowest BCUT2D eigenvalue weighted by Crippen LogP contribution is -2.47. The molecule has 1 unspecified atom stereocenters. The fourth-order valence-electron chi connectivity index (χ4n) is 3.02. The lowest BCUT2D eigenvalue weighted by Gasteiger charge is -2.22. The van der Waals surface area contributed by atoms with Crippen LogP contribution in [0.3, 0.4) is 0 Å². The summed E-state index contributed by atoms with van der Waals surface area (Å²) in [5.74, 6) is 0.991. The minimum absolute atomic E-state index is 0.0116. The van der Waals surface area contributed by atoms with Crippen molar-refractivity contribution in [2.45, 2.75) is 38.3 Å². The average Bonchev–Trinajstić information content (AvgIpc) is 2.69. The molecule has 4 nitrogen and oxygen atoms in total. The van der Waals surface area contributed by atoms with Gasteiger partial charge < -0.3 is 15.4 Å². The SMILES string of the molecule is O=C(NCCc1ccc(OCc2ccccc2)cc1)C1CCCCN1. The first kappa shape index (κ1) is 17.5. The predicted molar refractivity (Wildman–Crippen MR) is 99.6 cm³/mol. The number of nitrogens with one attached hydrogen (secondary N) is 2. The van der Waals surface area contributed by atoms with Crippen molar-refractivity contribution in [3.8, 4) is 5.75 Å². The summed E-state index contributed by atoms with van der Waals surface area (Å²) in [6.45, 7) is 2.19. The van der Waals surface area contributed by atoms with E-state index in [1.807, 2.05) is 30.3 Å². The summed E-state index contributed by atoms with van der Waals surface area (Å²) < 4.78 is 5.79. The van der Waals surface area contributed by atoms with Crippen molar-refractivity contribution in [2.75, 3.05) is 13.1 Å². The van der Waals surface area contributed by atoms with Crippen molar-refractivity contribution in [3.05, 3.63) is 65.7 Å². The summed E-state index contributed by atoms with van der Waals surface area (Å²) in [6.07, 6.45) is 4.08. The monoisotopic (exact) mass is 338 g/mol. The molecule has 0 spiro atoms. The van der Waals surface area contributed by atoms with E-state index in [-0.39, 0.29) is 11.9 Å². The molecule has 1 fully saturated rings. The molecule has 2 aromatic rings. The molecule has 1 atom stereocenters. The molecular weight excluding hydrogens is 312 g/mol. The van der Waals surface area contributed by atoms with Crippen LogP contribution in [0.15, 0.2) is 54.6 Å². The molecular formula is C21H26N2O2. The smallest absolute Gasteiger partial charge is 0.237 e. The third-order valence-corrected chi connectivity index (χ3v) is 4.51. The first-order chi connectivity index (χ1) is 12.3. The molecule has 1 saturated heterocycles. The number of carbonyl (C=O) groups excluding carboxylic acids is 1. The van der Waals surface area contributed by atoms with Gasteiger partial charge in [-0.2, -0.15) is 0 Å². The minimum Gasteiger partial charge on any atom is -0.489 e. The van der Waals surface area contributed by atoms with Crippen molar-refractivity contribution >= 4 is 5.91 Å². The Labute approximate surface area is 149 Å². The number of ether oxygens (including phenoxy) is 1. The second-order valence-electron chi connectivity index (χ2n) is 6.46. The molecule has 1 aliphatic rings. The zero-order valence-corrected chi connectivity index (χ0v) is 14.5. The van der Waals surface area contributed by atoms with Gasteiger partial charge in [-0.15, -0.1) is 0 Å². The number of rotatable bonds is 7. The second-order valence-corrected chi connectivity index (χ2v) is 6.46. The van der Waals surface area contributed by atoms with Crippen LogP contribution in [0, 0.1) is 0 Å². The van der Waals surface area contributed by atoms with Crippen LogP contribution in [0.25, 0.3) is 0 Å². The first-order valence-electron chi connectivity index (χ1n) is 9.08. The van der Waals surface area contributed by atoms with E-state index in [1.54, 1.807) is 0 Å². The largest absolute Gasteiger partial charge is 0.489 e. The summed E-state index contributed by atoms with van der Waals surface area (Å²) in [6, 6.07) is 18.2. The molecule has 1 heterocycles. The standard InChI is InChI=1S/C21H26N2O2/c24-21(20-8-4-5-14-22-20)23-15-13-17-9-11-19(12-10-17)25-16-18-6-2-1-3-7-18/h1-3,6-7,9-12,20,22H,4-5,8,13-16H2,(H,23,24). The fourth-order valence-corrected chi connectivity index (χ4v) is 3.02. The van der Waals surface area contributed by atoms with Crippen LogP contribution in [0.1, 0.15) is 30.4 Å². The topological polar surface area (TPSA) is 50.4 Å². The zero-order valence-electron chi connectivity index (χ0n) is 14.5. The van der Waals surface area contributed by atoms with Gasteiger partial charge in [-0.25, -0.2) is 0 Å². The molecule has 1 aliphatic heterocycles. The van der Waals surface area contributed by atoms with Gasteiger partial charge in [0.15, 0.2) is 0 Å². The van der Waals surface area contributed by atoms with Gasteiger partial charge in [0.05, 0.1) is 6.04 Å². The van der Waals surface area contributed by atoms with Gasteiger partial charge >= 0.3 is 0 Å². The molecule has 0 bridgehead atoms. The molecule has 1 amide bonds. The van der Waals surface area contributed by atoms with Crippen molar-refractivity contribution in [3.63, 3.8) is 0 Å². The van der Waals surface area contributed by atoms with E-state index in [9.17, 15) is 4.79 Å². The number of hydrogen-bond donors (Lipinski definition) is 2. The highest BCUT2D eigenvalue weighted by atomic mass is 16.5. The fraction of sp³-hybridized carbons (Fsp3) is 0.381.